The molecule has 0 aromatic rings. The highest BCUT2D eigenvalue weighted by molar-refractivity contribution is 5.69. The number of esters is 1. The maximum atomic E-state index is 11.0. The van der Waals surface area contributed by atoms with Crippen LogP contribution in [0.25, 0.3) is 0 Å². The molecule has 1 aliphatic rings. The lowest BCUT2D eigenvalue weighted by Gasteiger charge is -2.40. The number of aliphatic carboxylic acids is 3. The number of ether oxygens (including phenoxy) is 2. The highest BCUT2D eigenvalue weighted by Crippen LogP contribution is 2.36. The van der Waals surface area contributed by atoms with Gasteiger partial charge in [-0.1, -0.05) is 0 Å². The lowest BCUT2D eigenvalue weighted by molar-refractivity contribution is -0.173. The zero-order chi connectivity index (χ0) is 17.6. The van der Waals surface area contributed by atoms with Gasteiger partial charge in [0.2, 0.25) is 0 Å². The number of carboxylic acids is 3. The Hall–Kier alpha value is -2.16. The average molecular weight is 332 g/mol. The Morgan fingerprint density at radius 2 is 1.57 bits per heavy atom. The molecule has 4 unspecified atom stereocenters. The standard InChI is InChI=1S/C14H20O9/c1-7(15)22-6-11-10(5-14(20)21)8(3-12(16)17)2-9(23-11)4-13(18)19/h8-11H,2-6H2,1H3,(H,16,17)(H,18,19)(H,20,21). The summed E-state index contributed by atoms with van der Waals surface area (Å²) >= 11 is 0. The first-order valence-electron chi connectivity index (χ1n) is 7.13. The van der Waals surface area contributed by atoms with E-state index < -0.39 is 47.9 Å². The number of carboxylic acid groups (broad SMARTS) is 3. The molecule has 0 aromatic carbocycles. The third-order valence-electron chi connectivity index (χ3n) is 3.72. The van der Waals surface area contributed by atoms with Crippen molar-refractivity contribution in [2.45, 2.75) is 44.8 Å². The monoisotopic (exact) mass is 332 g/mol. The molecule has 3 N–H and O–H groups in total. The Balaban J connectivity index is 2.94. The Kier molecular flexibility index (Phi) is 6.95. The summed E-state index contributed by atoms with van der Waals surface area (Å²) in [5, 5.41) is 26.9. The number of carbonyl (C=O) groups excluding carboxylic acids is 1. The van der Waals surface area contributed by atoms with Crippen molar-refractivity contribution in [1.82, 2.24) is 0 Å². The highest BCUT2D eigenvalue weighted by atomic mass is 16.6. The first-order valence-corrected chi connectivity index (χ1v) is 7.13. The molecule has 1 rings (SSSR count). The van der Waals surface area contributed by atoms with Crippen molar-refractivity contribution in [2.24, 2.45) is 11.8 Å². The van der Waals surface area contributed by atoms with E-state index >= 15 is 0 Å². The van der Waals surface area contributed by atoms with E-state index in [1.54, 1.807) is 0 Å². The van der Waals surface area contributed by atoms with Gasteiger partial charge in [-0.15, -0.1) is 0 Å². The van der Waals surface area contributed by atoms with Gasteiger partial charge in [-0.2, -0.15) is 0 Å². The van der Waals surface area contributed by atoms with Gasteiger partial charge in [-0.05, 0) is 12.3 Å². The normalized spacial score (nSPS) is 27.2. The summed E-state index contributed by atoms with van der Waals surface area (Å²) in [5.41, 5.74) is 0. The zero-order valence-corrected chi connectivity index (χ0v) is 12.6. The van der Waals surface area contributed by atoms with Gasteiger partial charge < -0.3 is 24.8 Å². The summed E-state index contributed by atoms with van der Waals surface area (Å²) in [6.45, 7) is 0.942. The average Bonchev–Trinajstić information content (AvgIpc) is 2.37. The highest BCUT2D eigenvalue weighted by Gasteiger charge is 2.41. The van der Waals surface area contributed by atoms with Crippen molar-refractivity contribution in [3.05, 3.63) is 0 Å². The Bertz CT molecular complexity index is 473. The first kappa shape index (κ1) is 18.9. The Labute approximate surface area is 132 Å². The molecule has 0 radical (unpaired) electrons. The van der Waals surface area contributed by atoms with Crippen LogP contribution in [0.3, 0.4) is 0 Å². The fraction of sp³-hybridized carbons (Fsp3) is 0.714. The summed E-state index contributed by atoms with van der Waals surface area (Å²) in [6, 6.07) is 0. The molecule has 9 heteroatoms. The van der Waals surface area contributed by atoms with Gasteiger partial charge in [-0.3, -0.25) is 19.2 Å². The fourth-order valence-electron chi connectivity index (χ4n) is 2.87. The quantitative estimate of drug-likeness (QED) is 0.536. The SMILES string of the molecule is CC(=O)OCC1OC(CC(=O)O)CC(CC(=O)O)C1CC(=O)O. The molecule has 0 aliphatic carbocycles. The van der Waals surface area contributed by atoms with Crippen molar-refractivity contribution in [1.29, 1.82) is 0 Å². The summed E-state index contributed by atoms with van der Waals surface area (Å²) in [5.74, 6) is -5.16. The molecule has 9 nitrogen and oxygen atoms in total. The van der Waals surface area contributed by atoms with Gasteiger partial charge in [0, 0.05) is 19.3 Å². The van der Waals surface area contributed by atoms with Crippen molar-refractivity contribution in [2.75, 3.05) is 6.61 Å². The zero-order valence-electron chi connectivity index (χ0n) is 12.6. The van der Waals surface area contributed by atoms with E-state index in [1.807, 2.05) is 0 Å². The van der Waals surface area contributed by atoms with Crippen LogP contribution < -0.4 is 0 Å². The van der Waals surface area contributed by atoms with E-state index in [-0.39, 0.29) is 32.3 Å². The maximum absolute atomic E-state index is 11.0. The molecule has 1 saturated heterocycles. The number of hydrogen-bond acceptors (Lipinski definition) is 6. The van der Waals surface area contributed by atoms with Crippen LogP contribution >= 0.6 is 0 Å². The van der Waals surface area contributed by atoms with Crippen LogP contribution in [0.1, 0.15) is 32.6 Å². The number of carbonyl (C=O) groups is 4. The molecule has 0 spiro atoms. The van der Waals surface area contributed by atoms with Crippen LogP contribution in [0, 0.1) is 11.8 Å². The first-order chi connectivity index (χ1) is 10.7. The molecule has 0 saturated carbocycles. The second-order valence-electron chi connectivity index (χ2n) is 5.55. The number of hydrogen-bond donors (Lipinski definition) is 3. The van der Waals surface area contributed by atoms with Crippen molar-refractivity contribution < 1.29 is 44.0 Å². The lowest BCUT2D eigenvalue weighted by Crippen LogP contribution is -2.46. The van der Waals surface area contributed by atoms with Crippen LogP contribution in [-0.4, -0.2) is 58.0 Å². The molecular formula is C14H20O9. The van der Waals surface area contributed by atoms with Crippen molar-refractivity contribution >= 4 is 23.9 Å². The molecule has 0 amide bonds. The third-order valence-corrected chi connectivity index (χ3v) is 3.72. The summed E-state index contributed by atoms with van der Waals surface area (Å²) in [7, 11) is 0. The minimum Gasteiger partial charge on any atom is -0.481 e. The van der Waals surface area contributed by atoms with Crippen molar-refractivity contribution in [3.63, 3.8) is 0 Å². The molecule has 130 valence electrons. The predicted molar refractivity (Wildman–Crippen MR) is 73.6 cm³/mol. The van der Waals surface area contributed by atoms with Gasteiger partial charge in [0.05, 0.1) is 25.0 Å². The van der Waals surface area contributed by atoms with Crippen LogP contribution in [0.2, 0.25) is 0 Å². The lowest BCUT2D eigenvalue weighted by atomic mass is 9.77. The van der Waals surface area contributed by atoms with Crippen LogP contribution in [-0.2, 0) is 28.7 Å². The topological polar surface area (TPSA) is 147 Å². The molecule has 1 fully saturated rings. The molecule has 0 bridgehead atoms. The van der Waals surface area contributed by atoms with E-state index in [0.29, 0.717) is 0 Å². The van der Waals surface area contributed by atoms with E-state index in [0.717, 1.165) is 0 Å². The molecule has 4 atom stereocenters. The molecule has 23 heavy (non-hydrogen) atoms. The second-order valence-corrected chi connectivity index (χ2v) is 5.55. The smallest absolute Gasteiger partial charge is 0.305 e. The largest absolute Gasteiger partial charge is 0.481 e. The summed E-state index contributed by atoms with van der Waals surface area (Å²) in [4.78, 5) is 43.9. The number of rotatable bonds is 8. The molecule has 1 aliphatic heterocycles. The van der Waals surface area contributed by atoms with Crippen molar-refractivity contribution in [3.8, 4) is 0 Å². The van der Waals surface area contributed by atoms with E-state index in [4.69, 9.17) is 24.8 Å². The fourth-order valence-corrected chi connectivity index (χ4v) is 2.87. The Morgan fingerprint density at radius 3 is 2.04 bits per heavy atom. The maximum Gasteiger partial charge on any atom is 0.305 e. The predicted octanol–water partition coefficient (Wildman–Crippen LogP) is 0.364. The van der Waals surface area contributed by atoms with Crippen LogP contribution in [0.5, 0.6) is 0 Å². The van der Waals surface area contributed by atoms with Gasteiger partial charge in [0.15, 0.2) is 0 Å². The summed E-state index contributed by atoms with van der Waals surface area (Å²) < 4.78 is 10.4. The minimum absolute atomic E-state index is 0.132. The third kappa shape index (κ3) is 6.64. The van der Waals surface area contributed by atoms with Gasteiger partial charge in [-0.25, -0.2) is 0 Å². The van der Waals surface area contributed by atoms with Crippen LogP contribution in [0.4, 0.5) is 0 Å². The molecule has 1 heterocycles. The van der Waals surface area contributed by atoms with Gasteiger partial charge >= 0.3 is 23.9 Å². The minimum atomic E-state index is -1.13. The van der Waals surface area contributed by atoms with E-state index in [9.17, 15) is 19.2 Å². The van der Waals surface area contributed by atoms with E-state index in [2.05, 4.69) is 0 Å². The van der Waals surface area contributed by atoms with Gasteiger partial charge in [0.1, 0.15) is 6.61 Å². The summed E-state index contributed by atoms with van der Waals surface area (Å²) in [6.07, 6.45) is -2.43. The molecular weight excluding hydrogens is 312 g/mol. The molecule has 0 aromatic heterocycles. The Morgan fingerprint density at radius 1 is 1.00 bits per heavy atom. The van der Waals surface area contributed by atoms with Crippen LogP contribution in [0.15, 0.2) is 0 Å². The second kappa shape index (κ2) is 8.47. The van der Waals surface area contributed by atoms with E-state index in [1.165, 1.54) is 6.92 Å². The van der Waals surface area contributed by atoms with Gasteiger partial charge in [0.25, 0.3) is 0 Å².